The van der Waals surface area contributed by atoms with Crippen molar-refractivity contribution >= 4 is 21.8 Å². The molecule has 2 aliphatic rings. The smallest absolute Gasteiger partial charge is 0.0725 e. The van der Waals surface area contributed by atoms with Gasteiger partial charge in [0.25, 0.3) is 0 Å². The standard InChI is InChI=1S/C62H41N/c1-3-16-41(17-4-1)42-30-34-44(35-31-42)60(45-36-32-43(33-37-45)46-38-39-59-53(40-46)50-22-10-14-29-58(50)63(59)47-18-5-2-6-19-47)52-24-15-28-57-61(52)51-23-9-13-27-56(51)62(57)54-25-11-7-20-48(54)49-21-8-12-26-55(49)62/h1-40,60H. The normalized spacial score (nSPS) is 13.5. The fourth-order valence-corrected chi connectivity index (χ4v) is 11.3. The molecular weight excluding hydrogens is 759 g/mol. The third-order valence-corrected chi connectivity index (χ3v) is 14.0. The lowest BCUT2D eigenvalue weighted by Gasteiger charge is -2.31. The molecule has 294 valence electrons. The Kier molecular flexibility index (Phi) is 7.95. The molecule has 13 rings (SSSR count). The van der Waals surface area contributed by atoms with Crippen LogP contribution in [0.15, 0.2) is 243 Å². The molecule has 0 bridgehead atoms. The molecule has 0 fully saturated rings. The number of rotatable bonds is 6. The van der Waals surface area contributed by atoms with Crippen molar-refractivity contribution in [2.75, 3.05) is 0 Å². The van der Waals surface area contributed by atoms with Crippen molar-refractivity contribution in [1.82, 2.24) is 4.57 Å². The Labute approximate surface area is 367 Å². The van der Waals surface area contributed by atoms with E-state index in [1.165, 1.54) is 111 Å². The predicted molar refractivity (Wildman–Crippen MR) is 262 cm³/mol. The highest BCUT2D eigenvalue weighted by molar-refractivity contribution is 6.10. The Bertz CT molecular complexity index is 3490. The van der Waals surface area contributed by atoms with E-state index in [0.717, 1.165) is 0 Å². The average molecular weight is 800 g/mol. The van der Waals surface area contributed by atoms with Crippen molar-refractivity contribution in [3.05, 3.63) is 282 Å². The van der Waals surface area contributed by atoms with E-state index in [9.17, 15) is 0 Å². The van der Waals surface area contributed by atoms with Gasteiger partial charge < -0.3 is 4.57 Å². The second-order valence-corrected chi connectivity index (χ2v) is 17.1. The van der Waals surface area contributed by atoms with Gasteiger partial charge in [-0.25, -0.2) is 0 Å². The molecule has 0 amide bonds. The molecule has 1 heterocycles. The SMILES string of the molecule is c1ccc(-c2ccc(C(c3ccc(-c4ccc5c(c4)c4ccccc4n5-c4ccccc4)cc3)c3cccc4c3-c3ccccc3C43c4ccccc4-c4ccccc43)cc2)cc1. The Hall–Kier alpha value is -8.00. The van der Waals surface area contributed by atoms with Gasteiger partial charge in [-0.05, 0) is 114 Å². The number of hydrogen-bond donors (Lipinski definition) is 0. The van der Waals surface area contributed by atoms with Crippen LogP contribution in [0.4, 0.5) is 0 Å². The summed E-state index contributed by atoms with van der Waals surface area (Å²) in [5.41, 5.74) is 22.7. The van der Waals surface area contributed by atoms with Gasteiger partial charge in [0.1, 0.15) is 0 Å². The van der Waals surface area contributed by atoms with Crippen LogP contribution in [0.1, 0.15) is 44.9 Å². The molecule has 0 radical (unpaired) electrons. The third-order valence-electron chi connectivity index (χ3n) is 14.0. The van der Waals surface area contributed by atoms with Crippen LogP contribution < -0.4 is 0 Å². The maximum Gasteiger partial charge on any atom is 0.0725 e. The Morgan fingerprint density at radius 1 is 0.317 bits per heavy atom. The Balaban J connectivity index is 0.990. The van der Waals surface area contributed by atoms with Crippen molar-refractivity contribution in [2.45, 2.75) is 11.3 Å². The van der Waals surface area contributed by atoms with Gasteiger partial charge in [-0.2, -0.15) is 0 Å². The summed E-state index contributed by atoms with van der Waals surface area (Å²) < 4.78 is 2.38. The molecule has 1 nitrogen and oxygen atoms in total. The van der Waals surface area contributed by atoms with E-state index in [1.54, 1.807) is 0 Å². The first-order valence-corrected chi connectivity index (χ1v) is 22.0. The maximum atomic E-state index is 2.40. The average Bonchev–Trinajstić information content (AvgIpc) is 3.97. The van der Waals surface area contributed by atoms with Gasteiger partial charge in [0, 0.05) is 22.4 Å². The number of fused-ring (bicyclic) bond motifs is 13. The molecule has 10 aromatic carbocycles. The number of benzene rings is 10. The highest BCUT2D eigenvalue weighted by atomic mass is 15.0. The zero-order chi connectivity index (χ0) is 41.5. The molecule has 63 heavy (non-hydrogen) atoms. The minimum absolute atomic E-state index is 0.0137. The van der Waals surface area contributed by atoms with Crippen LogP contribution in [-0.4, -0.2) is 4.57 Å². The summed E-state index contributed by atoms with van der Waals surface area (Å²) in [6.45, 7) is 0. The van der Waals surface area contributed by atoms with Gasteiger partial charge in [-0.1, -0.05) is 212 Å². The van der Waals surface area contributed by atoms with Crippen LogP contribution in [0.25, 0.3) is 72.0 Å². The number of aromatic nitrogens is 1. The first-order chi connectivity index (χ1) is 31.3. The van der Waals surface area contributed by atoms with Crippen molar-refractivity contribution in [2.24, 2.45) is 0 Å². The predicted octanol–water partition coefficient (Wildman–Crippen LogP) is 15.6. The van der Waals surface area contributed by atoms with Crippen LogP contribution in [0.3, 0.4) is 0 Å². The van der Waals surface area contributed by atoms with E-state index in [-0.39, 0.29) is 5.92 Å². The summed E-state index contributed by atoms with van der Waals surface area (Å²) in [5.74, 6) is -0.0137. The molecule has 1 unspecified atom stereocenters. The van der Waals surface area contributed by atoms with E-state index in [1.807, 2.05) is 0 Å². The molecule has 1 spiro atoms. The number of hydrogen-bond acceptors (Lipinski definition) is 0. The summed E-state index contributed by atoms with van der Waals surface area (Å²) in [5, 5.41) is 2.52. The number of nitrogens with zero attached hydrogens (tertiary/aromatic N) is 1. The fraction of sp³-hybridized carbons (Fsp3) is 0.0323. The topological polar surface area (TPSA) is 4.93 Å². The quantitative estimate of drug-likeness (QED) is 0.148. The van der Waals surface area contributed by atoms with E-state index >= 15 is 0 Å². The lowest BCUT2D eigenvalue weighted by molar-refractivity contribution is 0.792. The van der Waals surface area contributed by atoms with Crippen molar-refractivity contribution in [3.8, 4) is 50.2 Å². The molecule has 0 saturated heterocycles. The van der Waals surface area contributed by atoms with Crippen LogP contribution in [0, 0.1) is 0 Å². The zero-order valence-corrected chi connectivity index (χ0v) is 34.6. The summed E-state index contributed by atoms with van der Waals surface area (Å²) in [4.78, 5) is 0. The van der Waals surface area contributed by atoms with Crippen LogP contribution >= 0.6 is 0 Å². The summed E-state index contributed by atoms with van der Waals surface area (Å²) in [6, 6.07) is 90.3. The van der Waals surface area contributed by atoms with E-state index in [4.69, 9.17) is 0 Å². The fourth-order valence-electron chi connectivity index (χ4n) is 11.3. The molecule has 1 heteroatoms. The van der Waals surface area contributed by atoms with Gasteiger partial charge in [-0.3, -0.25) is 0 Å². The molecule has 11 aromatic rings. The second kappa shape index (κ2) is 14.0. The van der Waals surface area contributed by atoms with Gasteiger partial charge in [0.2, 0.25) is 0 Å². The van der Waals surface area contributed by atoms with Crippen molar-refractivity contribution < 1.29 is 0 Å². The van der Waals surface area contributed by atoms with E-state index < -0.39 is 5.41 Å². The van der Waals surface area contributed by atoms with Gasteiger partial charge in [0.15, 0.2) is 0 Å². The molecule has 0 saturated carbocycles. The summed E-state index contributed by atoms with van der Waals surface area (Å²) in [6.07, 6.45) is 0. The molecule has 1 atom stereocenters. The van der Waals surface area contributed by atoms with Crippen molar-refractivity contribution in [3.63, 3.8) is 0 Å². The monoisotopic (exact) mass is 799 g/mol. The van der Waals surface area contributed by atoms with Gasteiger partial charge in [0.05, 0.1) is 16.4 Å². The maximum absolute atomic E-state index is 2.40. The van der Waals surface area contributed by atoms with Crippen LogP contribution in [0.5, 0.6) is 0 Å². The third kappa shape index (κ3) is 5.24. The first kappa shape index (κ1) is 35.7. The summed E-state index contributed by atoms with van der Waals surface area (Å²) in [7, 11) is 0. The van der Waals surface area contributed by atoms with E-state index in [2.05, 4.69) is 247 Å². The minimum atomic E-state index is -0.400. The lowest BCUT2D eigenvalue weighted by atomic mass is 9.70. The minimum Gasteiger partial charge on any atom is -0.309 e. The molecule has 1 aromatic heterocycles. The first-order valence-electron chi connectivity index (χ1n) is 22.0. The van der Waals surface area contributed by atoms with Gasteiger partial charge in [-0.15, -0.1) is 0 Å². The Morgan fingerprint density at radius 2 is 0.794 bits per heavy atom. The molecule has 2 aliphatic carbocycles. The molecular formula is C62H41N. The van der Waals surface area contributed by atoms with Crippen LogP contribution in [0.2, 0.25) is 0 Å². The largest absolute Gasteiger partial charge is 0.309 e. The molecule has 0 N–H and O–H groups in total. The molecule has 0 aliphatic heterocycles. The highest BCUT2D eigenvalue weighted by Crippen LogP contribution is 2.64. The number of para-hydroxylation sites is 2. The second-order valence-electron chi connectivity index (χ2n) is 17.1. The van der Waals surface area contributed by atoms with E-state index in [0.29, 0.717) is 0 Å². The highest BCUT2D eigenvalue weighted by Gasteiger charge is 2.52. The lowest BCUT2D eigenvalue weighted by Crippen LogP contribution is -2.25. The van der Waals surface area contributed by atoms with Crippen LogP contribution in [-0.2, 0) is 5.41 Å². The Morgan fingerprint density at radius 3 is 1.46 bits per heavy atom. The van der Waals surface area contributed by atoms with Crippen molar-refractivity contribution in [1.29, 1.82) is 0 Å². The zero-order valence-electron chi connectivity index (χ0n) is 34.6. The van der Waals surface area contributed by atoms with Gasteiger partial charge >= 0.3 is 0 Å². The summed E-state index contributed by atoms with van der Waals surface area (Å²) >= 11 is 0.